The first kappa shape index (κ1) is 15.6. The minimum Gasteiger partial charge on any atom is -0.129 e. The summed E-state index contributed by atoms with van der Waals surface area (Å²) in [5.41, 5.74) is 0. The minimum atomic E-state index is -1.18. The maximum absolute atomic E-state index is 3.50. The number of benzene rings is 3. The van der Waals surface area contributed by atoms with Crippen molar-refractivity contribution in [2.75, 3.05) is 5.38 Å². The van der Waals surface area contributed by atoms with Gasteiger partial charge in [0.15, 0.2) is 0 Å². The Hall–Kier alpha value is -1.29. The Balaban J connectivity index is 1.81. The zero-order valence-corrected chi connectivity index (χ0v) is 15.7. The maximum atomic E-state index is 3.50. The second-order valence-corrected chi connectivity index (χ2v) is 10.6. The summed E-state index contributed by atoms with van der Waals surface area (Å²) >= 11 is 5.47. The monoisotopic (exact) mass is 384 g/mol. The normalized spacial score (nSPS) is 10.8. The number of hydrogen-bond donors (Lipinski definition) is 0. The summed E-state index contributed by atoms with van der Waals surface area (Å²) in [6, 6.07) is 30.6. The van der Waals surface area contributed by atoms with Crippen LogP contribution in [0.5, 0.6) is 0 Å². The lowest BCUT2D eigenvalue weighted by Gasteiger charge is -2.16. The Morgan fingerprint density at radius 2 is 1.18 bits per heavy atom. The van der Waals surface area contributed by atoms with E-state index in [1.54, 1.807) is 0 Å². The van der Waals surface area contributed by atoms with Crippen LogP contribution < -0.4 is 10.4 Å². The van der Waals surface area contributed by atoms with Crippen molar-refractivity contribution in [2.24, 2.45) is 0 Å². The van der Waals surface area contributed by atoms with Crippen molar-refractivity contribution in [1.29, 1.82) is 0 Å². The Bertz CT molecular complexity index is 659. The molecule has 0 bridgehead atoms. The molecule has 0 N–H and O–H groups in total. The molecule has 0 aliphatic heterocycles. The van der Waals surface area contributed by atoms with Gasteiger partial charge in [0.25, 0.3) is 0 Å². The van der Waals surface area contributed by atoms with Crippen molar-refractivity contribution in [3.63, 3.8) is 0 Å². The fourth-order valence-corrected chi connectivity index (χ4v) is 7.79. The average molecular weight is 385 g/mol. The molecule has 0 atom stereocenters. The molecule has 0 aliphatic carbocycles. The maximum Gasteiger partial charge on any atom is 0.113 e. The molecule has 0 heterocycles. The highest BCUT2D eigenvalue weighted by Gasteiger charge is 2.16. The number of hydrogen-bond acceptors (Lipinski definition) is 1. The van der Waals surface area contributed by atoms with E-state index in [2.05, 4.69) is 101 Å². The fraction of sp³-hybridized carbons (Fsp3) is 0.0526. The molecule has 3 heteroatoms. The summed E-state index contributed by atoms with van der Waals surface area (Å²) in [5.74, 6) is 0. The summed E-state index contributed by atoms with van der Waals surface area (Å²) in [4.78, 5) is 1.34. The van der Waals surface area contributed by atoms with Gasteiger partial charge in [-0.05, 0) is 29.6 Å². The van der Waals surface area contributed by atoms with Crippen LogP contribution in [0.4, 0.5) is 0 Å². The van der Waals surface area contributed by atoms with E-state index >= 15 is 0 Å². The highest BCUT2D eigenvalue weighted by atomic mass is 79.9. The van der Waals surface area contributed by atoms with Gasteiger partial charge in [-0.3, -0.25) is 0 Å². The Kier molecular flexibility index (Phi) is 5.54. The molecule has 0 fully saturated rings. The predicted molar refractivity (Wildman–Crippen MR) is 104 cm³/mol. The van der Waals surface area contributed by atoms with Gasteiger partial charge in [-0.1, -0.05) is 87.0 Å². The van der Waals surface area contributed by atoms with Crippen LogP contribution in [0.1, 0.15) is 0 Å². The molecule has 0 saturated heterocycles. The van der Waals surface area contributed by atoms with Gasteiger partial charge < -0.3 is 0 Å². The summed E-state index contributed by atoms with van der Waals surface area (Å²) in [5, 5.41) is 4.20. The minimum absolute atomic E-state index is 1.14. The molecular weight excluding hydrogens is 368 g/mol. The Morgan fingerprint density at radius 3 is 1.68 bits per heavy atom. The van der Waals surface area contributed by atoms with Gasteiger partial charge in [-0.25, -0.2) is 0 Å². The highest BCUT2D eigenvalue weighted by molar-refractivity contribution is 9.10. The molecule has 0 aliphatic rings. The first-order chi connectivity index (χ1) is 10.8. The van der Waals surface area contributed by atoms with Gasteiger partial charge in [0.1, 0.15) is 8.80 Å². The van der Waals surface area contributed by atoms with Crippen LogP contribution in [0.15, 0.2) is 94.3 Å². The first-order valence-corrected chi connectivity index (χ1v) is 11.1. The third kappa shape index (κ3) is 4.13. The van der Waals surface area contributed by atoms with Crippen molar-refractivity contribution < 1.29 is 0 Å². The molecule has 0 aromatic heterocycles. The van der Waals surface area contributed by atoms with Crippen LogP contribution in [0.3, 0.4) is 0 Å². The summed E-state index contributed by atoms with van der Waals surface area (Å²) in [6.45, 7) is 0. The van der Waals surface area contributed by atoms with Crippen LogP contribution in [0.2, 0.25) is 0 Å². The van der Waals surface area contributed by atoms with Crippen molar-refractivity contribution in [2.45, 2.75) is 4.90 Å². The molecule has 22 heavy (non-hydrogen) atoms. The van der Waals surface area contributed by atoms with Crippen LogP contribution >= 0.6 is 27.7 Å². The number of rotatable bonds is 5. The quantitative estimate of drug-likeness (QED) is 0.470. The van der Waals surface area contributed by atoms with E-state index in [0.717, 1.165) is 4.47 Å². The molecule has 0 radical (unpaired) electrons. The molecule has 0 saturated carbocycles. The van der Waals surface area contributed by atoms with Gasteiger partial charge in [-0.15, -0.1) is 11.8 Å². The van der Waals surface area contributed by atoms with Crippen molar-refractivity contribution in [3.8, 4) is 0 Å². The summed E-state index contributed by atoms with van der Waals surface area (Å²) < 4.78 is 1.14. The topological polar surface area (TPSA) is 0 Å². The predicted octanol–water partition coefficient (Wildman–Crippen LogP) is 4.12. The molecular formula is C19H17BrSSi. The van der Waals surface area contributed by atoms with Crippen molar-refractivity contribution >= 4 is 46.9 Å². The zero-order valence-electron chi connectivity index (χ0n) is 12.2. The highest BCUT2D eigenvalue weighted by Crippen LogP contribution is 2.21. The van der Waals surface area contributed by atoms with Crippen molar-refractivity contribution in [3.05, 3.63) is 89.4 Å². The van der Waals surface area contributed by atoms with Crippen LogP contribution in [-0.2, 0) is 0 Å². The standard InChI is InChI=1S/C19H17BrSSi/c20-16-11-13-17(14-12-16)21-15-22(18-7-3-1-4-8-18)19-9-5-2-6-10-19/h1-14,22H,15H2. The van der Waals surface area contributed by atoms with E-state index in [-0.39, 0.29) is 0 Å². The largest absolute Gasteiger partial charge is 0.129 e. The van der Waals surface area contributed by atoms with Gasteiger partial charge in [0.05, 0.1) is 0 Å². The molecule has 0 amide bonds. The molecule has 3 rings (SSSR count). The van der Waals surface area contributed by atoms with Gasteiger partial charge >= 0.3 is 0 Å². The zero-order chi connectivity index (χ0) is 15.2. The van der Waals surface area contributed by atoms with E-state index in [4.69, 9.17) is 0 Å². The van der Waals surface area contributed by atoms with Crippen LogP contribution in [0, 0.1) is 0 Å². The molecule has 0 unspecified atom stereocenters. The first-order valence-electron chi connectivity index (χ1n) is 7.31. The molecule has 110 valence electrons. The van der Waals surface area contributed by atoms with E-state index in [0.29, 0.717) is 0 Å². The average Bonchev–Trinajstić information content (AvgIpc) is 2.59. The lowest BCUT2D eigenvalue weighted by molar-refractivity contribution is 1.44. The summed E-state index contributed by atoms with van der Waals surface area (Å²) in [6.07, 6.45) is 0. The van der Waals surface area contributed by atoms with E-state index in [1.165, 1.54) is 20.6 Å². The Morgan fingerprint density at radius 1 is 0.682 bits per heavy atom. The Labute approximate surface area is 146 Å². The number of thioether (sulfide) groups is 1. The lowest BCUT2D eigenvalue weighted by atomic mass is 10.4. The van der Waals surface area contributed by atoms with Crippen LogP contribution in [0.25, 0.3) is 0 Å². The van der Waals surface area contributed by atoms with E-state index in [9.17, 15) is 0 Å². The van der Waals surface area contributed by atoms with Crippen LogP contribution in [-0.4, -0.2) is 14.2 Å². The molecule has 3 aromatic carbocycles. The summed E-state index contributed by atoms with van der Waals surface area (Å²) in [7, 11) is -1.18. The molecule has 0 nitrogen and oxygen atoms in total. The van der Waals surface area contributed by atoms with Gasteiger partial charge in [0.2, 0.25) is 0 Å². The smallest absolute Gasteiger partial charge is 0.113 e. The third-order valence-corrected chi connectivity index (χ3v) is 9.15. The van der Waals surface area contributed by atoms with E-state index in [1.807, 2.05) is 11.8 Å². The second kappa shape index (κ2) is 7.81. The van der Waals surface area contributed by atoms with Gasteiger partial charge in [0, 0.05) is 9.37 Å². The number of halogens is 1. The second-order valence-electron chi connectivity index (χ2n) is 5.14. The molecule has 0 spiro atoms. The third-order valence-electron chi connectivity index (χ3n) is 3.63. The fourth-order valence-electron chi connectivity index (χ4n) is 2.47. The SMILES string of the molecule is Brc1ccc(SC[SiH](c2ccccc2)c2ccccc2)cc1. The lowest BCUT2D eigenvalue weighted by Crippen LogP contribution is -2.44. The molecule has 3 aromatic rings. The van der Waals surface area contributed by atoms with Crippen molar-refractivity contribution in [1.82, 2.24) is 0 Å². The van der Waals surface area contributed by atoms with E-state index < -0.39 is 8.80 Å². The van der Waals surface area contributed by atoms with Gasteiger partial charge in [-0.2, -0.15) is 0 Å².